The molecule has 1 atom stereocenters. The van der Waals surface area contributed by atoms with Gasteiger partial charge in [-0.15, -0.1) is 0 Å². The molecule has 0 aliphatic rings. The quantitative estimate of drug-likeness (QED) is 0.695. The Bertz CT molecular complexity index is 311. The number of amides is 1. The number of nitrogens with two attached hydrogens (primary N) is 1. The molecule has 4 nitrogen and oxygen atoms in total. The van der Waals surface area contributed by atoms with Gasteiger partial charge in [0.15, 0.2) is 0 Å². The molecule has 1 amide bonds. The molecule has 4 heteroatoms. The van der Waals surface area contributed by atoms with Gasteiger partial charge in [-0.3, -0.25) is 4.79 Å². The van der Waals surface area contributed by atoms with Crippen molar-refractivity contribution in [3.8, 4) is 0 Å². The largest absolute Gasteiger partial charge is 0.367 e. The lowest BCUT2D eigenvalue weighted by Crippen LogP contribution is -2.48. The van der Waals surface area contributed by atoms with Crippen LogP contribution in [0.2, 0.25) is 0 Å². The van der Waals surface area contributed by atoms with E-state index in [0.717, 1.165) is 5.56 Å². The summed E-state index contributed by atoms with van der Waals surface area (Å²) in [6, 6.07) is 1.44. The zero-order valence-corrected chi connectivity index (χ0v) is 9.50. The Labute approximate surface area is 90.2 Å². The summed E-state index contributed by atoms with van der Waals surface area (Å²) in [5.41, 5.74) is 6.65. The first-order valence-electron chi connectivity index (χ1n) is 5.06. The van der Waals surface area contributed by atoms with Crippen LogP contribution in [-0.4, -0.2) is 16.9 Å². The Morgan fingerprint density at radius 1 is 1.60 bits per heavy atom. The molecule has 1 unspecified atom stereocenters. The highest BCUT2D eigenvalue weighted by atomic mass is 16.2. The molecule has 84 valence electrons. The molecule has 0 radical (unpaired) electrons. The Hall–Kier alpha value is -1.29. The second kappa shape index (κ2) is 4.49. The fourth-order valence-electron chi connectivity index (χ4n) is 1.16. The maximum absolute atomic E-state index is 11.6. The Balaban J connectivity index is 2.43. The number of aromatic amines is 1. The first-order valence-corrected chi connectivity index (χ1v) is 5.06. The molecule has 0 spiro atoms. The summed E-state index contributed by atoms with van der Waals surface area (Å²) < 4.78 is 0. The molecule has 15 heavy (non-hydrogen) atoms. The van der Waals surface area contributed by atoms with Crippen LogP contribution in [0.3, 0.4) is 0 Å². The number of carbonyl (C=O) groups excluding carboxylic acids is 1. The molecule has 0 bridgehead atoms. The van der Waals surface area contributed by atoms with Crippen molar-refractivity contribution in [1.29, 1.82) is 0 Å². The van der Waals surface area contributed by atoms with Crippen molar-refractivity contribution >= 4 is 5.91 Å². The standard InChI is InChI=1S/C11H19N3O/c1-11(2,3)9(12)10(15)14-7-8-4-5-13-6-8/h4-6,9,13H,7,12H2,1-3H3,(H,14,15). The maximum atomic E-state index is 11.6. The zero-order chi connectivity index (χ0) is 11.5. The molecule has 0 aliphatic heterocycles. The second-order valence-electron chi connectivity index (χ2n) is 4.78. The number of H-pyrrole nitrogens is 1. The van der Waals surface area contributed by atoms with E-state index in [-0.39, 0.29) is 11.3 Å². The van der Waals surface area contributed by atoms with Gasteiger partial charge in [0, 0.05) is 18.9 Å². The average Bonchev–Trinajstić information content (AvgIpc) is 2.63. The van der Waals surface area contributed by atoms with E-state index in [0.29, 0.717) is 6.54 Å². The van der Waals surface area contributed by atoms with Gasteiger partial charge in [-0.1, -0.05) is 20.8 Å². The predicted molar refractivity (Wildman–Crippen MR) is 60.1 cm³/mol. The van der Waals surface area contributed by atoms with Crippen molar-refractivity contribution in [2.24, 2.45) is 11.1 Å². The molecule has 1 aromatic rings. The molecule has 0 aliphatic carbocycles. The number of hydrogen-bond donors (Lipinski definition) is 3. The summed E-state index contributed by atoms with van der Waals surface area (Å²) >= 11 is 0. The minimum Gasteiger partial charge on any atom is -0.367 e. The fourth-order valence-corrected chi connectivity index (χ4v) is 1.16. The lowest BCUT2D eigenvalue weighted by atomic mass is 9.87. The van der Waals surface area contributed by atoms with Crippen molar-refractivity contribution in [1.82, 2.24) is 10.3 Å². The van der Waals surface area contributed by atoms with Crippen LogP contribution in [0.5, 0.6) is 0 Å². The smallest absolute Gasteiger partial charge is 0.237 e. The van der Waals surface area contributed by atoms with Crippen LogP contribution in [-0.2, 0) is 11.3 Å². The van der Waals surface area contributed by atoms with Gasteiger partial charge in [-0.05, 0) is 17.0 Å². The van der Waals surface area contributed by atoms with Crippen molar-refractivity contribution in [2.75, 3.05) is 0 Å². The SMILES string of the molecule is CC(C)(C)C(N)C(=O)NCc1cc[nH]c1. The third-order valence-corrected chi connectivity index (χ3v) is 2.34. The molecule has 0 aromatic carbocycles. The summed E-state index contributed by atoms with van der Waals surface area (Å²) in [5, 5.41) is 2.81. The van der Waals surface area contributed by atoms with Gasteiger partial charge in [0.05, 0.1) is 6.04 Å². The maximum Gasteiger partial charge on any atom is 0.237 e. The van der Waals surface area contributed by atoms with Crippen molar-refractivity contribution in [3.05, 3.63) is 24.0 Å². The highest BCUT2D eigenvalue weighted by molar-refractivity contribution is 5.82. The third kappa shape index (κ3) is 3.40. The van der Waals surface area contributed by atoms with Crippen molar-refractivity contribution < 1.29 is 4.79 Å². The van der Waals surface area contributed by atoms with Gasteiger partial charge in [0.1, 0.15) is 0 Å². The number of rotatable bonds is 3. The van der Waals surface area contributed by atoms with Gasteiger partial charge < -0.3 is 16.0 Å². The van der Waals surface area contributed by atoms with Gasteiger partial charge in [-0.2, -0.15) is 0 Å². The zero-order valence-electron chi connectivity index (χ0n) is 9.50. The minimum atomic E-state index is -0.476. The number of carbonyl (C=O) groups is 1. The van der Waals surface area contributed by atoms with Crippen molar-refractivity contribution in [3.63, 3.8) is 0 Å². The van der Waals surface area contributed by atoms with Crippen molar-refractivity contribution in [2.45, 2.75) is 33.4 Å². The highest BCUT2D eigenvalue weighted by Crippen LogP contribution is 2.17. The lowest BCUT2D eigenvalue weighted by molar-refractivity contribution is -0.124. The summed E-state index contributed by atoms with van der Waals surface area (Å²) in [6.07, 6.45) is 3.67. The molecular weight excluding hydrogens is 190 g/mol. The van der Waals surface area contributed by atoms with E-state index in [1.807, 2.05) is 39.2 Å². The summed E-state index contributed by atoms with van der Waals surface area (Å²) in [7, 11) is 0. The van der Waals surface area contributed by atoms with Crippen LogP contribution in [0.15, 0.2) is 18.5 Å². The Kier molecular flexibility index (Phi) is 3.52. The minimum absolute atomic E-state index is 0.108. The Morgan fingerprint density at radius 3 is 2.73 bits per heavy atom. The normalized spacial score (nSPS) is 13.6. The molecule has 1 aromatic heterocycles. The molecule has 0 saturated carbocycles. The number of aromatic nitrogens is 1. The van der Waals surface area contributed by atoms with Crippen LogP contribution in [0.25, 0.3) is 0 Å². The molecule has 0 saturated heterocycles. The monoisotopic (exact) mass is 209 g/mol. The highest BCUT2D eigenvalue weighted by Gasteiger charge is 2.26. The predicted octanol–water partition coefficient (Wildman–Crippen LogP) is 1.00. The first kappa shape index (κ1) is 11.8. The second-order valence-corrected chi connectivity index (χ2v) is 4.78. The molecule has 4 N–H and O–H groups in total. The van der Waals surface area contributed by atoms with Gasteiger partial charge in [0.2, 0.25) is 5.91 Å². The van der Waals surface area contributed by atoms with Crippen LogP contribution in [0, 0.1) is 5.41 Å². The van der Waals surface area contributed by atoms with E-state index in [4.69, 9.17) is 5.73 Å². The van der Waals surface area contributed by atoms with Crippen LogP contribution < -0.4 is 11.1 Å². The number of hydrogen-bond acceptors (Lipinski definition) is 2. The van der Waals surface area contributed by atoms with E-state index in [1.54, 1.807) is 0 Å². The van der Waals surface area contributed by atoms with Crippen LogP contribution in [0.4, 0.5) is 0 Å². The van der Waals surface area contributed by atoms with E-state index < -0.39 is 6.04 Å². The molecule has 0 fully saturated rings. The van der Waals surface area contributed by atoms with Gasteiger partial charge in [-0.25, -0.2) is 0 Å². The van der Waals surface area contributed by atoms with E-state index >= 15 is 0 Å². The van der Waals surface area contributed by atoms with Gasteiger partial charge in [0.25, 0.3) is 0 Å². The topological polar surface area (TPSA) is 70.9 Å². The molecule has 1 rings (SSSR count). The van der Waals surface area contributed by atoms with E-state index in [1.165, 1.54) is 0 Å². The fraction of sp³-hybridized carbons (Fsp3) is 0.545. The summed E-state index contributed by atoms with van der Waals surface area (Å²) in [5.74, 6) is -0.108. The van der Waals surface area contributed by atoms with Crippen LogP contribution >= 0.6 is 0 Å². The molecular formula is C11H19N3O. The van der Waals surface area contributed by atoms with E-state index in [2.05, 4.69) is 10.3 Å². The molecule has 1 heterocycles. The average molecular weight is 209 g/mol. The van der Waals surface area contributed by atoms with Gasteiger partial charge >= 0.3 is 0 Å². The Morgan fingerprint density at radius 2 is 2.27 bits per heavy atom. The summed E-state index contributed by atoms with van der Waals surface area (Å²) in [6.45, 7) is 6.38. The lowest BCUT2D eigenvalue weighted by Gasteiger charge is -2.25. The third-order valence-electron chi connectivity index (χ3n) is 2.34. The summed E-state index contributed by atoms with van der Waals surface area (Å²) in [4.78, 5) is 14.6. The first-order chi connectivity index (χ1) is 6.91. The number of nitrogens with one attached hydrogen (secondary N) is 2. The van der Waals surface area contributed by atoms with Crippen LogP contribution in [0.1, 0.15) is 26.3 Å². The van der Waals surface area contributed by atoms with E-state index in [9.17, 15) is 4.79 Å².